The number of rotatable bonds is 7. The van der Waals surface area contributed by atoms with Crippen LogP contribution in [0.1, 0.15) is 34.7 Å². The molecule has 0 spiro atoms. The zero-order valence-electron chi connectivity index (χ0n) is 17.2. The van der Waals surface area contributed by atoms with E-state index in [0.717, 1.165) is 56.4 Å². The van der Waals surface area contributed by atoms with Gasteiger partial charge in [-0.1, -0.05) is 6.92 Å². The molecule has 0 saturated carbocycles. The molecular formula is C21H30N4O2S. The third-order valence-electron chi connectivity index (χ3n) is 5.12. The van der Waals surface area contributed by atoms with Crippen LogP contribution in [0.5, 0.6) is 11.5 Å². The van der Waals surface area contributed by atoms with E-state index in [1.54, 1.807) is 25.6 Å². The molecule has 7 heteroatoms. The van der Waals surface area contributed by atoms with Crippen molar-refractivity contribution in [3.63, 3.8) is 0 Å². The summed E-state index contributed by atoms with van der Waals surface area (Å²) in [6.45, 7) is 4.94. The second-order valence-corrected chi connectivity index (χ2v) is 8.08. The lowest BCUT2D eigenvalue weighted by Gasteiger charge is -2.22. The molecule has 0 amide bonds. The number of ether oxygens (including phenoxy) is 2. The maximum absolute atomic E-state index is 5.42. The van der Waals surface area contributed by atoms with Crippen LogP contribution in [-0.4, -0.2) is 56.7 Å². The number of aromatic nitrogens is 1. The lowest BCUT2D eigenvalue weighted by atomic mass is 9.98. The number of nitrogens with one attached hydrogen (secondary N) is 1. The molecule has 1 aromatic heterocycles. The van der Waals surface area contributed by atoms with E-state index in [2.05, 4.69) is 39.2 Å². The van der Waals surface area contributed by atoms with E-state index < -0.39 is 0 Å². The zero-order chi connectivity index (χ0) is 19.9. The van der Waals surface area contributed by atoms with Gasteiger partial charge in [0.05, 0.1) is 19.2 Å². The molecule has 1 unspecified atom stereocenters. The number of nitrogens with zero attached hydrogens (tertiary/aromatic N) is 3. The van der Waals surface area contributed by atoms with Gasteiger partial charge in [-0.3, -0.25) is 4.99 Å². The monoisotopic (exact) mass is 402 g/mol. The van der Waals surface area contributed by atoms with Gasteiger partial charge in [-0.05, 0) is 30.5 Å². The Bertz CT molecular complexity index is 783. The molecule has 0 radical (unpaired) electrons. The quantitative estimate of drug-likeness (QED) is 0.569. The molecule has 1 aliphatic rings. The lowest BCUT2D eigenvalue weighted by molar-refractivity contribution is 0.392. The third kappa shape index (κ3) is 4.95. The Morgan fingerprint density at radius 2 is 2.04 bits per heavy atom. The van der Waals surface area contributed by atoms with Crippen molar-refractivity contribution in [2.75, 3.05) is 40.9 Å². The minimum atomic E-state index is 0.439. The van der Waals surface area contributed by atoms with Crippen LogP contribution in [0, 0.1) is 0 Å². The first kappa shape index (κ1) is 20.5. The van der Waals surface area contributed by atoms with Gasteiger partial charge in [-0.15, -0.1) is 11.3 Å². The minimum absolute atomic E-state index is 0.439. The Morgan fingerprint density at radius 1 is 1.29 bits per heavy atom. The molecule has 1 aliphatic heterocycles. The number of hydrogen-bond donors (Lipinski definition) is 1. The Hall–Kier alpha value is -2.28. The van der Waals surface area contributed by atoms with Crippen molar-refractivity contribution in [2.24, 2.45) is 4.99 Å². The maximum Gasteiger partial charge on any atom is 0.193 e. The molecule has 28 heavy (non-hydrogen) atoms. The average Bonchev–Trinajstić information content (AvgIpc) is 3.40. The number of hydrogen-bond acceptors (Lipinski definition) is 5. The highest BCUT2D eigenvalue weighted by Crippen LogP contribution is 2.32. The van der Waals surface area contributed by atoms with Crippen LogP contribution in [0.2, 0.25) is 0 Å². The summed E-state index contributed by atoms with van der Waals surface area (Å²) >= 11 is 1.80. The van der Waals surface area contributed by atoms with Crippen LogP contribution in [0.25, 0.3) is 0 Å². The predicted octanol–water partition coefficient (Wildman–Crippen LogP) is 3.33. The van der Waals surface area contributed by atoms with Crippen molar-refractivity contribution >= 4 is 17.3 Å². The Labute approximate surface area is 171 Å². The summed E-state index contributed by atoms with van der Waals surface area (Å²) in [7, 11) is 5.23. The van der Waals surface area contributed by atoms with Crippen molar-refractivity contribution in [2.45, 2.75) is 32.1 Å². The van der Waals surface area contributed by atoms with Crippen LogP contribution in [0.3, 0.4) is 0 Å². The zero-order valence-corrected chi connectivity index (χ0v) is 18.0. The van der Waals surface area contributed by atoms with Crippen molar-refractivity contribution in [1.29, 1.82) is 0 Å². The first-order valence-electron chi connectivity index (χ1n) is 9.79. The van der Waals surface area contributed by atoms with E-state index in [-0.39, 0.29) is 0 Å². The fourth-order valence-corrected chi connectivity index (χ4v) is 4.39. The van der Waals surface area contributed by atoms with Gasteiger partial charge in [-0.25, -0.2) is 4.98 Å². The van der Waals surface area contributed by atoms with Crippen LogP contribution in [0.15, 0.2) is 29.4 Å². The fourth-order valence-electron chi connectivity index (χ4n) is 3.53. The summed E-state index contributed by atoms with van der Waals surface area (Å²) in [5, 5.41) is 4.68. The van der Waals surface area contributed by atoms with Gasteiger partial charge in [0.1, 0.15) is 11.5 Å². The number of aryl methyl sites for hydroxylation is 1. The summed E-state index contributed by atoms with van der Waals surface area (Å²) in [5.74, 6) is 3.08. The number of aliphatic imine (C=N–C) groups is 1. The van der Waals surface area contributed by atoms with Crippen molar-refractivity contribution in [3.05, 3.63) is 39.8 Å². The van der Waals surface area contributed by atoms with Gasteiger partial charge >= 0.3 is 0 Å². The Kier molecular flexibility index (Phi) is 7.14. The summed E-state index contributed by atoms with van der Waals surface area (Å²) in [4.78, 5) is 12.6. The highest BCUT2D eigenvalue weighted by molar-refractivity contribution is 7.11. The number of benzene rings is 1. The molecule has 6 nitrogen and oxygen atoms in total. The predicted molar refractivity (Wildman–Crippen MR) is 115 cm³/mol. The van der Waals surface area contributed by atoms with E-state index in [1.807, 2.05) is 19.3 Å². The van der Waals surface area contributed by atoms with Gasteiger partial charge in [-0.2, -0.15) is 0 Å². The fraction of sp³-hybridized carbons (Fsp3) is 0.524. The second-order valence-electron chi connectivity index (χ2n) is 6.88. The van der Waals surface area contributed by atoms with E-state index in [9.17, 15) is 0 Å². The van der Waals surface area contributed by atoms with Gasteiger partial charge in [0.15, 0.2) is 5.96 Å². The molecule has 0 bridgehead atoms. The van der Waals surface area contributed by atoms with Gasteiger partial charge in [0.25, 0.3) is 0 Å². The number of likely N-dealkylation sites (tertiary alicyclic amines) is 1. The first-order valence-corrected chi connectivity index (χ1v) is 10.6. The summed E-state index contributed by atoms with van der Waals surface area (Å²) in [6, 6.07) is 6.14. The lowest BCUT2D eigenvalue weighted by Crippen LogP contribution is -2.40. The highest BCUT2D eigenvalue weighted by Gasteiger charge is 2.26. The summed E-state index contributed by atoms with van der Waals surface area (Å²) in [6.07, 6.45) is 5.05. The smallest absolute Gasteiger partial charge is 0.193 e. The summed E-state index contributed by atoms with van der Waals surface area (Å²) < 4.78 is 10.8. The van der Waals surface area contributed by atoms with Crippen LogP contribution in [-0.2, 0) is 12.8 Å². The number of methoxy groups -OCH3 is 2. The van der Waals surface area contributed by atoms with E-state index in [1.165, 1.54) is 15.4 Å². The van der Waals surface area contributed by atoms with E-state index >= 15 is 0 Å². The Morgan fingerprint density at radius 3 is 2.64 bits per heavy atom. The molecule has 2 aromatic rings. The summed E-state index contributed by atoms with van der Waals surface area (Å²) in [5.41, 5.74) is 1.25. The largest absolute Gasteiger partial charge is 0.497 e. The number of thiazole rings is 1. The standard InChI is InChI=1S/C21H30N4O2S/c1-5-19-13-24-20(28-19)6-8-23-21(22-2)25-9-7-15(14-25)16-10-17(26-3)12-18(11-16)27-4/h10-13,15H,5-9,14H2,1-4H3,(H,22,23). The first-order chi connectivity index (χ1) is 13.7. The normalized spacial score (nSPS) is 17.1. The van der Waals surface area contributed by atoms with Crippen LogP contribution >= 0.6 is 11.3 Å². The highest BCUT2D eigenvalue weighted by atomic mass is 32.1. The van der Waals surface area contributed by atoms with Gasteiger partial charge in [0.2, 0.25) is 0 Å². The molecule has 2 heterocycles. The molecule has 1 atom stereocenters. The number of guanidine groups is 1. The average molecular weight is 403 g/mol. The molecule has 1 aromatic carbocycles. The minimum Gasteiger partial charge on any atom is -0.497 e. The van der Waals surface area contributed by atoms with E-state index in [0.29, 0.717) is 5.92 Å². The molecular weight excluding hydrogens is 372 g/mol. The van der Waals surface area contributed by atoms with Crippen LogP contribution in [0.4, 0.5) is 0 Å². The SMILES string of the molecule is CCc1cnc(CCNC(=NC)N2CCC(c3cc(OC)cc(OC)c3)C2)s1. The van der Waals surface area contributed by atoms with Gasteiger partial charge in [0, 0.05) is 56.2 Å². The van der Waals surface area contributed by atoms with Crippen molar-refractivity contribution in [3.8, 4) is 11.5 Å². The molecule has 1 fully saturated rings. The van der Waals surface area contributed by atoms with Crippen molar-refractivity contribution in [1.82, 2.24) is 15.2 Å². The maximum atomic E-state index is 5.42. The van der Waals surface area contributed by atoms with Crippen molar-refractivity contribution < 1.29 is 9.47 Å². The van der Waals surface area contributed by atoms with Crippen LogP contribution < -0.4 is 14.8 Å². The van der Waals surface area contributed by atoms with Gasteiger partial charge < -0.3 is 19.7 Å². The molecule has 1 saturated heterocycles. The molecule has 0 aliphatic carbocycles. The topological polar surface area (TPSA) is 59.0 Å². The molecule has 3 rings (SSSR count). The molecule has 1 N–H and O–H groups in total. The molecule has 152 valence electrons. The second kappa shape index (κ2) is 9.78. The third-order valence-corrected chi connectivity index (χ3v) is 6.32. The Balaban J connectivity index is 1.57. The van der Waals surface area contributed by atoms with E-state index in [4.69, 9.17) is 9.47 Å².